The molecule has 2 aromatic heterocycles. The van der Waals surface area contributed by atoms with Crippen molar-refractivity contribution in [1.29, 1.82) is 5.26 Å². The Labute approximate surface area is 538 Å². The van der Waals surface area contributed by atoms with E-state index in [4.69, 9.17) is 16.3 Å². The number of thioether (sulfide) groups is 2. The minimum absolute atomic E-state index is 0.0000417. The maximum atomic E-state index is 12.8. The third-order valence-corrected chi connectivity index (χ3v) is 19.3. The molecule has 2 heterocycles. The molecule has 8 N–H and O–H groups in total. The van der Waals surface area contributed by atoms with Crippen molar-refractivity contribution in [2.45, 2.75) is 73.5 Å². The van der Waals surface area contributed by atoms with E-state index in [-0.39, 0.29) is 148 Å². The number of anilines is 2. The molecule has 0 spiro atoms. The van der Waals surface area contributed by atoms with Gasteiger partial charge in [-0.2, -0.15) is 57.6 Å². The number of ether oxygens (including phenoxy) is 1. The van der Waals surface area contributed by atoms with Gasteiger partial charge in [0.25, 0.3) is 50.6 Å². The van der Waals surface area contributed by atoms with Gasteiger partial charge >= 0.3 is 0 Å². The number of hydrogen-bond acceptors (Lipinski definition) is 26. The number of amides is 2. The van der Waals surface area contributed by atoms with Crippen LogP contribution in [0.2, 0.25) is 5.02 Å². The summed E-state index contributed by atoms with van der Waals surface area (Å²) in [6, 6.07) is 15.8. The van der Waals surface area contributed by atoms with Crippen molar-refractivity contribution in [2.75, 3.05) is 46.0 Å². The highest BCUT2D eigenvalue weighted by Gasteiger charge is 2.25. The van der Waals surface area contributed by atoms with E-state index < -0.39 is 95.3 Å². The van der Waals surface area contributed by atoms with E-state index in [1.165, 1.54) is 70.2 Å². The monoisotopic (exact) mass is 1420 g/mol. The Bertz CT molecular complexity index is 4910. The van der Waals surface area contributed by atoms with E-state index in [0.29, 0.717) is 5.56 Å². The quantitative estimate of drug-likeness (QED) is 0.0103. The fraction of sp³-hybridized carbons (Fsp3) is 0.269. The lowest BCUT2D eigenvalue weighted by molar-refractivity contribution is -0.115. The largest absolute Gasteiger partial charge is 0.493 e. The van der Waals surface area contributed by atoms with E-state index in [1.807, 2.05) is 6.07 Å². The zero-order chi connectivity index (χ0) is 67.8. The van der Waals surface area contributed by atoms with Crippen LogP contribution in [0.4, 0.5) is 56.9 Å². The summed E-state index contributed by atoms with van der Waals surface area (Å²) >= 11 is 8.00. The number of aryl methyl sites for hydroxylation is 2. The smallest absolute Gasteiger partial charge is 0.296 e. The molecule has 0 bridgehead atoms. The van der Waals surface area contributed by atoms with Crippen molar-refractivity contribution in [1.82, 2.24) is 9.38 Å². The van der Waals surface area contributed by atoms with Crippen molar-refractivity contribution in [3.8, 4) is 17.7 Å². The molecule has 0 unspecified atom stereocenters. The number of nitrogens with one attached hydrogen (secondary N) is 2. The average molecular weight is 1420 g/mol. The Hall–Kier alpha value is -7.98. The highest BCUT2D eigenvalue weighted by molar-refractivity contribution is 7.99. The molecule has 0 radical (unpaired) electrons. The molecule has 2 amide bonds. The summed E-state index contributed by atoms with van der Waals surface area (Å²) in [5, 5.41) is 61.7. The van der Waals surface area contributed by atoms with E-state index in [2.05, 4.69) is 56.5 Å². The number of nitriles is 1. The third kappa shape index (κ3) is 19.3. The Balaban J connectivity index is 1.34. The summed E-state index contributed by atoms with van der Waals surface area (Å²) in [6.45, 7) is 6.51. The molecule has 0 aliphatic carbocycles. The van der Waals surface area contributed by atoms with Crippen molar-refractivity contribution in [3.63, 3.8) is 0 Å². The number of rotatable bonds is 27. The number of imidazole rings is 1. The van der Waals surface area contributed by atoms with E-state index >= 15 is 0 Å². The Morgan fingerprint density at radius 3 is 1.64 bits per heavy atom. The zero-order valence-corrected chi connectivity index (χ0v) is 54.8. The molecule has 40 heteroatoms. The molecule has 488 valence electrons. The van der Waals surface area contributed by atoms with E-state index in [9.17, 15) is 84.8 Å². The third-order valence-electron chi connectivity index (χ3n) is 12.4. The molecule has 7 aromatic rings. The first-order chi connectivity index (χ1) is 42.9. The molecule has 0 saturated carbocycles. The number of benzene rings is 5. The molecule has 0 saturated heterocycles. The molecule has 5 aromatic carbocycles. The fourth-order valence-electron chi connectivity index (χ4n) is 8.38. The van der Waals surface area contributed by atoms with Gasteiger partial charge < -0.3 is 20.5 Å². The van der Waals surface area contributed by atoms with Gasteiger partial charge in [-0.05, 0) is 123 Å². The second kappa shape index (κ2) is 29.3. The number of pyridine rings is 1. The lowest BCUT2D eigenvalue weighted by Gasteiger charge is -2.13. The number of azo groups is 4. The summed E-state index contributed by atoms with van der Waals surface area (Å²) in [7, 11) is -22.7. The second-order valence-electron chi connectivity index (χ2n) is 19.6. The molecular weight excluding hydrogens is 1370 g/mol. The molecule has 32 nitrogen and oxygen atoms in total. The number of hydrogen-bond donors (Lipinski definition) is 8. The number of halogens is 1. The van der Waals surface area contributed by atoms with Crippen molar-refractivity contribution < 1.29 is 84.3 Å². The Morgan fingerprint density at radius 1 is 0.620 bits per heavy atom. The van der Waals surface area contributed by atoms with Gasteiger partial charge in [0, 0.05) is 35.3 Å². The average Bonchev–Trinajstić information content (AvgIpc) is 1.56. The number of nitrogens with zero attached hydrogens (tertiary/aromatic N) is 11. The van der Waals surface area contributed by atoms with Gasteiger partial charge in [0.15, 0.2) is 11.3 Å². The zero-order valence-electron chi connectivity index (χ0n) is 48.4. The van der Waals surface area contributed by atoms with E-state index in [1.54, 1.807) is 6.92 Å². The van der Waals surface area contributed by atoms with Crippen LogP contribution < -0.4 is 15.4 Å². The Kier molecular flexibility index (Phi) is 22.8. The molecule has 0 aliphatic heterocycles. The predicted molar refractivity (Wildman–Crippen MR) is 339 cm³/mol. The van der Waals surface area contributed by atoms with Crippen LogP contribution in [-0.2, 0) is 60.2 Å². The van der Waals surface area contributed by atoms with Crippen LogP contribution in [0.3, 0.4) is 0 Å². The first-order valence-corrected chi connectivity index (χ1v) is 36.2. The van der Waals surface area contributed by atoms with Crippen molar-refractivity contribution >= 4 is 171 Å². The van der Waals surface area contributed by atoms with Crippen LogP contribution in [0.1, 0.15) is 55.4 Å². The number of fused-ring (bicyclic) bond motifs is 3. The highest BCUT2D eigenvalue weighted by atomic mass is 35.5. The van der Waals surface area contributed by atoms with Crippen LogP contribution in [-0.4, -0.2) is 127 Å². The SMILES string of the molecule is CC(=O)Nc1cc(N=Nc2cc(SCCCS(=O)(=O)O)c(N=Nc3cc(OCCCS(=O)(=O)O)c(N=Nc4c(C)c(C#N)c5nc6cc(S(=O)(=O)O)cc(C)c6n5c4O)cc3C)cc2NC(C)=O)c(SCCCS(=O)(=O)O)cc1N=Nc1ccc(Cl)c(S(=O)(=O)O)c1. The van der Waals surface area contributed by atoms with Gasteiger partial charge in [0.2, 0.25) is 17.7 Å². The summed E-state index contributed by atoms with van der Waals surface area (Å²) in [5.41, 5.74) is 0.154. The van der Waals surface area contributed by atoms with E-state index in [0.717, 1.165) is 52.2 Å². The van der Waals surface area contributed by atoms with Gasteiger partial charge in [-0.3, -0.25) is 36.8 Å². The van der Waals surface area contributed by atoms with Crippen LogP contribution in [0.5, 0.6) is 11.6 Å². The van der Waals surface area contributed by atoms with Crippen LogP contribution in [0, 0.1) is 32.1 Å². The maximum Gasteiger partial charge on any atom is 0.296 e. The standard InChI is InChI=1S/C52H52ClN13O19S7/c1-27-18-41(62-65-49-29(3)34(26-54)51-57-44-20-33(91(79,80)81)17-28(2)50(44)66(51)52(49)69)45(85-11-6-14-88(70,71)72)23-36(27)59-63-42-22-38(56-31(5)68)40(25-47(42)87-13-8-16-90(76,77)78)61-64-43-21-37(55-30(4)67)39(24-46(43)86-12-7-15-89(73,74)75)60-58-32-9-10-35(53)48(19-32)92(82,83)84/h9-10,17-25,69H,6-8,11-16H2,1-5H3,(H,55,67)(H,56,68)(H,70,71,72)(H,73,74,75)(H,76,77,78)(H,79,80,81)(H,82,83,84). The first kappa shape index (κ1) is 71.5. The van der Waals surface area contributed by atoms with Crippen molar-refractivity contribution in [3.05, 3.63) is 94.0 Å². The summed E-state index contributed by atoms with van der Waals surface area (Å²) < 4.78 is 173. The van der Waals surface area contributed by atoms with Crippen LogP contribution in [0.15, 0.2) is 127 Å². The van der Waals surface area contributed by atoms with Crippen LogP contribution >= 0.6 is 35.1 Å². The molecule has 92 heavy (non-hydrogen) atoms. The number of aromatic nitrogens is 2. The number of carbonyl (C=O) groups excluding carboxylic acids is 2. The number of aromatic hydroxyl groups is 1. The fourth-order valence-corrected chi connectivity index (χ4v) is 13.7. The summed E-state index contributed by atoms with van der Waals surface area (Å²) in [4.78, 5) is 29.1. The van der Waals surface area contributed by atoms with Gasteiger partial charge in [0.1, 0.15) is 50.7 Å². The van der Waals surface area contributed by atoms with Gasteiger partial charge in [0.05, 0.1) is 67.6 Å². The number of carbonyl (C=O) groups is 2. The second-order valence-corrected chi connectivity index (χ2v) is 29.8. The lowest BCUT2D eigenvalue weighted by Crippen LogP contribution is -2.08. The Morgan fingerprint density at radius 2 is 1.13 bits per heavy atom. The van der Waals surface area contributed by atoms with Gasteiger partial charge in [-0.25, -0.2) is 4.98 Å². The highest BCUT2D eigenvalue weighted by Crippen LogP contribution is 2.46. The lowest BCUT2D eigenvalue weighted by atomic mass is 10.1. The van der Waals surface area contributed by atoms with Gasteiger partial charge in [-0.1, -0.05) is 11.6 Å². The molecule has 0 fully saturated rings. The first-order valence-electron chi connectivity index (χ1n) is 26.2. The van der Waals surface area contributed by atoms with Crippen molar-refractivity contribution in [2.24, 2.45) is 40.9 Å². The minimum atomic E-state index is -4.80. The molecule has 7 rings (SSSR count). The topological polar surface area (TPSA) is 499 Å². The molecular formula is C52H52ClN13O19S7. The summed E-state index contributed by atoms with van der Waals surface area (Å²) in [6.07, 6.45) is -0.407. The minimum Gasteiger partial charge on any atom is -0.493 e. The summed E-state index contributed by atoms with van der Waals surface area (Å²) in [5.74, 6) is -3.83. The predicted octanol–water partition coefficient (Wildman–Crippen LogP) is 12.1. The molecule has 0 aliphatic rings. The van der Waals surface area contributed by atoms with Crippen LogP contribution in [0.25, 0.3) is 16.7 Å². The van der Waals surface area contributed by atoms with Gasteiger partial charge in [-0.15, -0.1) is 54.2 Å². The molecule has 0 atom stereocenters. The normalized spacial score (nSPS) is 12.7. The maximum absolute atomic E-state index is 12.8.